The number of amides is 3. The molecule has 3 amide bonds. The third-order valence-electron chi connectivity index (χ3n) is 4.83. The van der Waals surface area contributed by atoms with Gasteiger partial charge in [-0.05, 0) is 36.0 Å². The van der Waals surface area contributed by atoms with E-state index in [2.05, 4.69) is 44.3 Å². The summed E-state index contributed by atoms with van der Waals surface area (Å²) in [5, 5.41) is 2.89. The molecule has 1 heterocycles. The normalized spacial score (nSPS) is 14.8. The quantitative estimate of drug-likeness (QED) is 0.892. The number of rotatable bonds is 5. The first-order chi connectivity index (χ1) is 11.9. The van der Waals surface area contributed by atoms with Crippen LogP contribution in [0.3, 0.4) is 0 Å². The highest BCUT2D eigenvalue weighted by Gasteiger charge is 2.24. The Morgan fingerprint density at radius 3 is 2.36 bits per heavy atom. The molecule has 1 fully saturated rings. The third-order valence-corrected chi connectivity index (χ3v) is 4.83. The van der Waals surface area contributed by atoms with Crippen molar-refractivity contribution in [1.29, 1.82) is 0 Å². The topological polar surface area (TPSA) is 52.7 Å². The second-order valence-corrected chi connectivity index (χ2v) is 7.12. The maximum atomic E-state index is 12.7. The lowest BCUT2D eigenvalue weighted by atomic mass is 9.96. The van der Waals surface area contributed by atoms with Crippen LogP contribution in [0.4, 0.5) is 4.79 Å². The Morgan fingerprint density at radius 1 is 1.12 bits per heavy atom. The van der Waals surface area contributed by atoms with E-state index >= 15 is 0 Å². The van der Waals surface area contributed by atoms with E-state index in [0.717, 1.165) is 17.5 Å². The fourth-order valence-corrected chi connectivity index (χ4v) is 3.02. The van der Waals surface area contributed by atoms with E-state index in [1.807, 2.05) is 11.8 Å². The fraction of sp³-hybridized carbons (Fsp3) is 0.600. The van der Waals surface area contributed by atoms with E-state index in [-0.39, 0.29) is 11.9 Å². The van der Waals surface area contributed by atoms with Crippen LogP contribution in [0.1, 0.15) is 49.8 Å². The van der Waals surface area contributed by atoms with E-state index in [0.29, 0.717) is 45.1 Å². The van der Waals surface area contributed by atoms with E-state index in [9.17, 15) is 9.59 Å². The van der Waals surface area contributed by atoms with E-state index < -0.39 is 0 Å². The molecular weight excluding hydrogens is 314 g/mol. The van der Waals surface area contributed by atoms with Crippen molar-refractivity contribution in [1.82, 2.24) is 15.1 Å². The molecule has 0 aliphatic carbocycles. The molecule has 1 N–H and O–H groups in total. The molecule has 138 valence electrons. The van der Waals surface area contributed by atoms with Gasteiger partial charge in [0.2, 0.25) is 5.91 Å². The monoisotopic (exact) mass is 345 g/mol. The standard InChI is InChI=1S/C20H31N3O2/c1-5-8-21-20(25)23-11-9-22(10-12-23)19(24)14-18-13-17(15(2)3)7-6-16(18)4/h6-7,13,15H,5,8-12,14H2,1-4H3,(H,21,25). The number of carbonyl (C=O) groups excluding carboxylic acids is 2. The Morgan fingerprint density at radius 2 is 1.76 bits per heavy atom. The molecular formula is C20H31N3O2. The molecule has 0 radical (unpaired) electrons. The van der Waals surface area contributed by atoms with Gasteiger partial charge in [0.05, 0.1) is 6.42 Å². The molecule has 1 saturated heterocycles. The smallest absolute Gasteiger partial charge is 0.317 e. The first kappa shape index (κ1) is 19.3. The van der Waals surface area contributed by atoms with Gasteiger partial charge in [0.15, 0.2) is 0 Å². The molecule has 0 bridgehead atoms. The maximum Gasteiger partial charge on any atom is 0.317 e. The first-order valence-corrected chi connectivity index (χ1v) is 9.32. The molecule has 1 aromatic rings. The summed E-state index contributed by atoms with van der Waals surface area (Å²) in [7, 11) is 0. The summed E-state index contributed by atoms with van der Waals surface area (Å²) in [4.78, 5) is 28.3. The van der Waals surface area contributed by atoms with Crippen LogP contribution < -0.4 is 5.32 Å². The minimum absolute atomic E-state index is 0.0190. The molecule has 1 aliphatic heterocycles. The van der Waals surface area contributed by atoms with Crippen molar-refractivity contribution in [3.05, 3.63) is 34.9 Å². The number of hydrogen-bond acceptors (Lipinski definition) is 2. The number of nitrogens with zero attached hydrogens (tertiary/aromatic N) is 2. The van der Waals surface area contributed by atoms with Gasteiger partial charge >= 0.3 is 6.03 Å². The molecule has 5 heteroatoms. The maximum absolute atomic E-state index is 12.7. The van der Waals surface area contributed by atoms with Crippen LogP contribution in [0.25, 0.3) is 0 Å². The van der Waals surface area contributed by atoms with Crippen molar-refractivity contribution < 1.29 is 9.59 Å². The average molecular weight is 345 g/mol. The SMILES string of the molecule is CCCNC(=O)N1CCN(C(=O)Cc2cc(C(C)C)ccc2C)CC1. The van der Waals surface area contributed by atoms with E-state index in [1.54, 1.807) is 4.90 Å². The Labute approximate surface area is 151 Å². The number of benzene rings is 1. The molecule has 0 unspecified atom stereocenters. The highest BCUT2D eigenvalue weighted by molar-refractivity contribution is 5.80. The number of aryl methyl sites for hydroxylation is 1. The molecule has 25 heavy (non-hydrogen) atoms. The molecule has 2 rings (SSSR count). The summed E-state index contributed by atoms with van der Waals surface area (Å²) >= 11 is 0. The van der Waals surface area contributed by atoms with Gasteiger partial charge in [-0.2, -0.15) is 0 Å². The van der Waals surface area contributed by atoms with Crippen LogP contribution in [0.15, 0.2) is 18.2 Å². The Bertz CT molecular complexity index is 605. The third kappa shape index (κ3) is 5.21. The molecule has 1 aromatic carbocycles. The first-order valence-electron chi connectivity index (χ1n) is 9.32. The van der Waals surface area contributed by atoms with Gasteiger partial charge in [-0.1, -0.05) is 39.0 Å². The average Bonchev–Trinajstić information content (AvgIpc) is 2.61. The van der Waals surface area contributed by atoms with Crippen LogP contribution in [0.5, 0.6) is 0 Å². The van der Waals surface area contributed by atoms with Gasteiger partial charge in [-0.25, -0.2) is 4.79 Å². The second-order valence-electron chi connectivity index (χ2n) is 7.12. The van der Waals surface area contributed by atoms with Gasteiger partial charge in [0.25, 0.3) is 0 Å². The molecule has 0 saturated carbocycles. The zero-order valence-electron chi connectivity index (χ0n) is 16.0. The molecule has 0 aromatic heterocycles. The second kappa shape index (κ2) is 8.88. The largest absolute Gasteiger partial charge is 0.339 e. The van der Waals surface area contributed by atoms with Crippen molar-refractivity contribution in [2.45, 2.75) is 46.5 Å². The van der Waals surface area contributed by atoms with E-state index in [1.165, 1.54) is 5.56 Å². The lowest BCUT2D eigenvalue weighted by Gasteiger charge is -2.35. The number of carbonyl (C=O) groups is 2. The van der Waals surface area contributed by atoms with Crippen molar-refractivity contribution in [3.8, 4) is 0 Å². The van der Waals surface area contributed by atoms with Crippen LogP contribution in [0.2, 0.25) is 0 Å². The summed E-state index contributed by atoms with van der Waals surface area (Å²) < 4.78 is 0. The summed E-state index contributed by atoms with van der Waals surface area (Å²) in [5.74, 6) is 0.609. The van der Waals surface area contributed by atoms with Crippen molar-refractivity contribution in [3.63, 3.8) is 0 Å². The summed E-state index contributed by atoms with van der Waals surface area (Å²) in [6.07, 6.45) is 1.37. The highest BCUT2D eigenvalue weighted by Crippen LogP contribution is 2.19. The fourth-order valence-electron chi connectivity index (χ4n) is 3.02. The predicted molar refractivity (Wildman–Crippen MR) is 101 cm³/mol. The van der Waals surface area contributed by atoms with Crippen LogP contribution in [-0.2, 0) is 11.2 Å². The summed E-state index contributed by atoms with van der Waals surface area (Å²) in [6.45, 7) is 11.6. The Balaban J connectivity index is 1.91. The molecule has 0 spiro atoms. The number of urea groups is 1. The number of piperazine rings is 1. The van der Waals surface area contributed by atoms with Gasteiger partial charge in [-0.3, -0.25) is 4.79 Å². The van der Waals surface area contributed by atoms with Crippen LogP contribution in [-0.4, -0.2) is 54.5 Å². The van der Waals surface area contributed by atoms with Gasteiger partial charge in [0.1, 0.15) is 0 Å². The Kier molecular flexibility index (Phi) is 6.85. The minimum Gasteiger partial charge on any atom is -0.339 e. The van der Waals surface area contributed by atoms with Crippen LogP contribution >= 0.6 is 0 Å². The minimum atomic E-state index is -0.0190. The molecule has 1 aliphatic rings. The highest BCUT2D eigenvalue weighted by atomic mass is 16.2. The van der Waals surface area contributed by atoms with Crippen LogP contribution in [0, 0.1) is 6.92 Å². The van der Waals surface area contributed by atoms with Gasteiger partial charge in [-0.15, -0.1) is 0 Å². The zero-order chi connectivity index (χ0) is 18.4. The lowest BCUT2D eigenvalue weighted by molar-refractivity contribution is -0.131. The predicted octanol–water partition coefficient (Wildman–Crippen LogP) is 2.92. The van der Waals surface area contributed by atoms with Crippen molar-refractivity contribution in [2.75, 3.05) is 32.7 Å². The van der Waals surface area contributed by atoms with E-state index in [4.69, 9.17) is 0 Å². The molecule has 5 nitrogen and oxygen atoms in total. The molecule has 0 atom stereocenters. The zero-order valence-corrected chi connectivity index (χ0v) is 16.0. The van der Waals surface area contributed by atoms with Gasteiger partial charge in [0, 0.05) is 32.7 Å². The summed E-state index contributed by atoms with van der Waals surface area (Å²) in [5.41, 5.74) is 3.54. The lowest BCUT2D eigenvalue weighted by Crippen LogP contribution is -2.53. The number of nitrogens with one attached hydrogen (secondary N) is 1. The van der Waals surface area contributed by atoms with Gasteiger partial charge < -0.3 is 15.1 Å². The Hall–Kier alpha value is -2.04. The van der Waals surface area contributed by atoms with Crippen molar-refractivity contribution >= 4 is 11.9 Å². The number of hydrogen-bond donors (Lipinski definition) is 1. The van der Waals surface area contributed by atoms with Crippen molar-refractivity contribution in [2.24, 2.45) is 0 Å². The summed E-state index contributed by atoms with van der Waals surface area (Å²) in [6, 6.07) is 6.39.